The average molecular weight is 298 g/mol. The van der Waals surface area contributed by atoms with Crippen LogP contribution in [-0.4, -0.2) is 29.0 Å². The molecule has 1 aromatic rings. The topological polar surface area (TPSA) is 28.2 Å². The molecule has 1 heterocycles. The molecule has 0 aliphatic carbocycles. The van der Waals surface area contributed by atoms with Crippen LogP contribution in [0.15, 0.2) is 5.38 Å². The van der Waals surface area contributed by atoms with Crippen molar-refractivity contribution in [2.45, 2.75) is 66.6 Å². The second kappa shape index (κ2) is 9.48. The van der Waals surface area contributed by atoms with Gasteiger partial charge in [0.2, 0.25) is 0 Å². The van der Waals surface area contributed by atoms with Crippen molar-refractivity contribution in [1.29, 1.82) is 0 Å². The number of hydrogen-bond acceptors (Lipinski definition) is 4. The standard InChI is InChI=1S/C16H31N3S/c1-6-14(7-2)10-19(8-3)11-15-12-20-16(18-15)9-17-13(4)5/h12-14,17H,6-11H2,1-5H3. The van der Waals surface area contributed by atoms with E-state index in [1.807, 2.05) is 0 Å². The highest BCUT2D eigenvalue weighted by Gasteiger charge is 2.12. The highest BCUT2D eigenvalue weighted by molar-refractivity contribution is 7.09. The van der Waals surface area contributed by atoms with Crippen LogP contribution >= 0.6 is 11.3 Å². The predicted molar refractivity (Wildman–Crippen MR) is 89.1 cm³/mol. The number of thiazole rings is 1. The summed E-state index contributed by atoms with van der Waals surface area (Å²) < 4.78 is 0. The maximum Gasteiger partial charge on any atom is 0.107 e. The third-order valence-corrected chi connectivity index (χ3v) is 4.66. The zero-order valence-electron chi connectivity index (χ0n) is 13.8. The van der Waals surface area contributed by atoms with Gasteiger partial charge in [0.05, 0.1) is 5.69 Å². The van der Waals surface area contributed by atoms with E-state index in [4.69, 9.17) is 4.98 Å². The molecular weight excluding hydrogens is 266 g/mol. The summed E-state index contributed by atoms with van der Waals surface area (Å²) in [6, 6.07) is 0.518. The van der Waals surface area contributed by atoms with Gasteiger partial charge in [-0.3, -0.25) is 4.90 Å². The van der Waals surface area contributed by atoms with Gasteiger partial charge in [0, 0.05) is 31.1 Å². The third kappa shape index (κ3) is 6.33. The van der Waals surface area contributed by atoms with Gasteiger partial charge in [-0.05, 0) is 12.5 Å². The molecule has 116 valence electrons. The molecule has 0 amide bonds. The molecule has 0 spiro atoms. The molecular formula is C16H31N3S. The fraction of sp³-hybridized carbons (Fsp3) is 0.812. The van der Waals surface area contributed by atoms with E-state index < -0.39 is 0 Å². The van der Waals surface area contributed by atoms with E-state index in [2.05, 4.69) is 50.2 Å². The van der Waals surface area contributed by atoms with Crippen LogP contribution in [0.1, 0.15) is 58.2 Å². The minimum atomic E-state index is 0.518. The van der Waals surface area contributed by atoms with Crippen molar-refractivity contribution in [3.63, 3.8) is 0 Å². The van der Waals surface area contributed by atoms with Crippen molar-refractivity contribution < 1.29 is 0 Å². The summed E-state index contributed by atoms with van der Waals surface area (Å²) in [6.45, 7) is 15.4. The van der Waals surface area contributed by atoms with Crippen molar-refractivity contribution in [2.24, 2.45) is 5.92 Å². The Morgan fingerprint density at radius 3 is 2.50 bits per heavy atom. The minimum absolute atomic E-state index is 0.518. The second-order valence-corrected chi connectivity index (χ2v) is 6.72. The van der Waals surface area contributed by atoms with Gasteiger partial charge in [-0.15, -0.1) is 11.3 Å². The summed E-state index contributed by atoms with van der Waals surface area (Å²) in [6.07, 6.45) is 2.54. The number of rotatable bonds is 10. The lowest BCUT2D eigenvalue weighted by Gasteiger charge is -2.24. The molecule has 3 nitrogen and oxygen atoms in total. The third-order valence-electron chi connectivity index (χ3n) is 3.76. The van der Waals surface area contributed by atoms with E-state index in [9.17, 15) is 0 Å². The van der Waals surface area contributed by atoms with Gasteiger partial charge < -0.3 is 5.32 Å². The van der Waals surface area contributed by atoms with Crippen LogP contribution in [0.2, 0.25) is 0 Å². The second-order valence-electron chi connectivity index (χ2n) is 5.78. The zero-order chi connectivity index (χ0) is 15.0. The first-order valence-corrected chi connectivity index (χ1v) is 8.85. The lowest BCUT2D eigenvalue weighted by molar-refractivity contribution is 0.224. The highest BCUT2D eigenvalue weighted by atomic mass is 32.1. The van der Waals surface area contributed by atoms with Gasteiger partial charge in [0.15, 0.2) is 0 Å². The molecule has 0 aromatic carbocycles. The van der Waals surface area contributed by atoms with Crippen LogP contribution < -0.4 is 5.32 Å². The van der Waals surface area contributed by atoms with E-state index in [1.165, 1.54) is 30.1 Å². The smallest absolute Gasteiger partial charge is 0.107 e. The Morgan fingerprint density at radius 1 is 1.25 bits per heavy atom. The molecule has 0 atom stereocenters. The van der Waals surface area contributed by atoms with Gasteiger partial charge in [-0.1, -0.05) is 47.5 Å². The largest absolute Gasteiger partial charge is 0.308 e. The molecule has 0 saturated heterocycles. The van der Waals surface area contributed by atoms with Crippen LogP contribution in [0.25, 0.3) is 0 Å². The first kappa shape index (κ1) is 17.6. The molecule has 0 aliphatic heterocycles. The Balaban J connectivity index is 2.48. The van der Waals surface area contributed by atoms with Crippen molar-refractivity contribution >= 4 is 11.3 Å². The molecule has 1 aromatic heterocycles. The SMILES string of the molecule is CCC(CC)CN(CC)Cc1csc(CNC(C)C)n1. The first-order chi connectivity index (χ1) is 9.58. The molecule has 0 saturated carbocycles. The molecule has 1 N–H and O–H groups in total. The van der Waals surface area contributed by atoms with Gasteiger partial charge in [0.1, 0.15) is 5.01 Å². The number of hydrogen-bond donors (Lipinski definition) is 1. The van der Waals surface area contributed by atoms with Crippen molar-refractivity contribution in [1.82, 2.24) is 15.2 Å². The fourth-order valence-corrected chi connectivity index (χ4v) is 2.98. The zero-order valence-corrected chi connectivity index (χ0v) is 14.6. The quantitative estimate of drug-likeness (QED) is 0.710. The Bertz CT molecular complexity index is 358. The lowest BCUT2D eigenvalue weighted by Crippen LogP contribution is -2.29. The van der Waals surface area contributed by atoms with Crippen LogP contribution in [0.5, 0.6) is 0 Å². The molecule has 1 rings (SSSR count). The lowest BCUT2D eigenvalue weighted by atomic mass is 10.0. The Labute approximate surface area is 128 Å². The number of aromatic nitrogens is 1. The van der Waals surface area contributed by atoms with Crippen LogP contribution in [0.4, 0.5) is 0 Å². The van der Waals surface area contributed by atoms with Crippen molar-refractivity contribution in [3.05, 3.63) is 16.1 Å². The maximum absolute atomic E-state index is 4.74. The summed E-state index contributed by atoms with van der Waals surface area (Å²) in [4.78, 5) is 7.26. The Kier molecular flexibility index (Phi) is 8.34. The molecule has 0 radical (unpaired) electrons. The highest BCUT2D eigenvalue weighted by Crippen LogP contribution is 2.15. The monoisotopic (exact) mass is 297 g/mol. The molecule has 4 heteroatoms. The van der Waals surface area contributed by atoms with Gasteiger partial charge in [-0.25, -0.2) is 4.98 Å². The summed E-state index contributed by atoms with van der Waals surface area (Å²) in [5.74, 6) is 0.815. The van der Waals surface area contributed by atoms with Gasteiger partial charge in [0.25, 0.3) is 0 Å². The summed E-state index contributed by atoms with van der Waals surface area (Å²) in [7, 11) is 0. The van der Waals surface area contributed by atoms with Crippen LogP contribution in [-0.2, 0) is 13.1 Å². The van der Waals surface area contributed by atoms with E-state index in [1.54, 1.807) is 11.3 Å². The minimum Gasteiger partial charge on any atom is -0.308 e. The Morgan fingerprint density at radius 2 is 1.95 bits per heavy atom. The molecule has 0 aliphatic rings. The normalized spacial score (nSPS) is 12.0. The summed E-state index contributed by atoms with van der Waals surface area (Å²) >= 11 is 1.77. The van der Waals surface area contributed by atoms with Crippen LogP contribution in [0.3, 0.4) is 0 Å². The average Bonchev–Trinajstić information content (AvgIpc) is 2.88. The summed E-state index contributed by atoms with van der Waals surface area (Å²) in [5.41, 5.74) is 1.23. The molecule has 0 bridgehead atoms. The molecule has 0 fully saturated rings. The molecule has 0 unspecified atom stereocenters. The van der Waals surface area contributed by atoms with Gasteiger partial charge in [-0.2, -0.15) is 0 Å². The van der Waals surface area contributed by atoms with E-state index in [0.717, 1.165) is 25.6 Å². The van der Waals surface area contributed by atoms with Crippen molar-refractivity contribution in [3.8, 4) is 0 Å². The van der Waals surface area contributed by atoms with Crippen LogP contribution in [0, 0.1) is 5.92 Å². The Hall–Kier alpha value is -0.450. The number of nitrogens with zero attached hydrogens (tertiary/aromatic N) is 2. The van der Waals surface area contributed by atoms with Crippen molar-refractivity contribution in [2.75, 3.05) is 13.1 Å². The predicted octanol–water partition coefficient (Wildman–Crippen LogP) is 3.90. The fourth-order valence-electron chi connectivity index (χ4n) is 2.24. The van der Waals surface area contributed by atoms with E-state index in [-0.39, 0.29) is 0 Å². The number of nitrogens with one attached hydrogen (secondary N) is 1. The van der Waals surface area contributed by atoms with E-state index >= 15 is 0 Å². The van der Waals surface area contributed by atoms with Gasteiger partial charge >= 0.3 is 0 Å². The maximum atomic E-state index is 4.74. The van der Waals surface area contributed by atoms with E-state index in [0.29, 0.717) is 6.04 Å². The summed E-state index contributed by atoms with van der Waals surface area (Å²) in [5, 5.41) is 6.84. The first-order valence-electron chi connectivity index (χ1n) is 7.97. The molecule has 20 heavy (non-hydrogen) atoms.